The van der Waals surface area contributed by atoms with Crippen molar-refractivity contribution in [1.82, 2.24) is 14.9 Å². The first-order chi connectivity index (χ1) is 14.1. The Kier molecular flexibility index (Phi) is 5.26. The Hall–Kier alpha value is -2.54. The van der Waals surface area contributed by atoms with Crippen LogP contribution in [0.1, 0.15) is 46.1 Å². The molecule has 2 aliphatic rings. The Balaban J connectivity index is 1.51. The van der Waals surface area contributed by atoms with Gasteiger partial charge >= 0.3 is 0 Å². The molecule has 4 rings (SSSR count). The van der Waals surface area contributed by atoms with Crippen LogP contribution in [0.5, 0.6) is 11.5 Å². The van der Waals surface area contributed by atoms with E-state index in [2.05, 4.69) is 55.3 Å². The Morgan fingerprint density at radius 2 is 1.70 bits per heavy atom. The first-order valence-corrected chi connectivity index (χ1v) is 10.6. The number of rotatable bonds is 4. The van der Waals surface area contributed by atoms with E-state index in [9.17, 15) is 0 Å². The van der Waals surface area contributed by atoms with Crippen LogP contribution in [0.25, 0.3) is 0 Å². The summed E-state index contributed by atoms with van der Waals surface area (Å²) < 4.78 is 11.3. The number of aryl methyl sites for hydroxylation is 1. The van der Waals surface area contributed by atoms with Crippen LogP contribution in [0.3, 0.4) is 0 Å². The van der Waals surface area contributed by atoms with Crippen molar-refractivity contribution in [2.24, 2.45) is 0 Å². The van der Waals surface area contributed by atoms with Gasteiger partial charge in [0.05, 0.1) is 0 Å². The van der Waals surface area contributed by atoms with Gasteiger partial charge in [0.25, 0.3) is 0 Å². The molecule has 1 aromatic heterocycles. The van der Waals surface area contributed by atoms with E-state index in [1.807, 2.05) is 31.3 Å². The molecule has 0 amide bonds. The molecule has 7 heteroatoms. The summed E-state index contributed by atoms with van der Waals surface area (Å²) in [5.74, 6) is 2.95. The molecule has 7 nitrogen and oxygen atoms in total. The predicted octanol–water partition coefficient (Wildman–Crippen LogP) is 4.36. The van der Waals surface area contributed by atoms with Crippen LogP contribution < -0.4 is 20.1 Å². The molecule has 0 aliphatic carbocycles. The van der Waals surface area contributed by atoms with Crippen LogP contribution in [0, 0.1) is 6.92 Å². The minimum absolute atomic E-state index is 0.118. The Labute approximate surface area is 179 Å². The van der Waals surface area contributed by atoms with Gasteiger partial charge in [-0.05, 0) is 66.6 Å². The summed E-state index contributed by atoms with van der Waals surface area (Å²) in [6.07, 6.45) is 3.98. The maximum absolute atomic E-state index is 5.67. The fourth-order valence-corrected chi connectivity index (χ4v) is 4.57. The summed E-state index contributed by atoms with van der Waals surface area (Å²) in [6, 6.07) is 6.13. The molecular weight excluding hydrogens is 378 g/mol. The number of nitrogens with zero attached hydrogens (tertiary/aromatic N) is 3. The number of piperidine rings is 1. The van der Waals surface area contributed by atoms with Crippen LogP contribution >= 0.6 is 0 Å². The van der Waals surface area contributed by atoms with E-state index in [0.717, 1.165) is 41.4 Å². The van der Waals surface area contributed by atoms with E-state index in [0.29, 0.717) is 25.2 Å². The highest BCUT2D eigenvalue weighted by Gasteiger charge is 2.43. The topological polar surface area (TPSA) is 71.5 Å². The molecule has 0 radical (unpaired) electrons. The van der Waals surface area contributed by atoms with E-state index in [4.69, 9.17) is 14.5 Å². The van der Waals surface area contributed by atoms with Gasteiger partial charge in [-0.2, -0.15) is 4.98 Å². The molecule has 2 aromatic rings. The molecule has 0 spiro atoms. The molecule has 2 aliphatic heterocycles. The molecule has 0 bridgehead atoms. The first-order valence-electron chi connectivity index (χ1n) is 10.6. The molecule has 0 atom stereocenters. The van der Waals surface area contributed by atoms with Gasteiger partial charge in [0.1, 0.15) is 19.0 Å². The van der Waals surface area contributed by atoms with Crippen molar-refractivity contribution in [3.05, 3.63) is 30.0 Å². The Morgan fingerprint density at radius 1 is 1.03 bits per heavy atom. The third kappa shape index (κ3) is 4.17. The van der Waals surface area contributed by atoms with Crippen molar-refractivity contribution in [3.8, 4) is 11.5 Å². The van der Waals surface area contributed by atoms with E-state index in [-0.39, 0.29) is 11.1 Å². The highest BCUT2D eigenvalue weighted by molar-refractivity contribution is 5.61. The zero-order valence-electron chi connectivity index (χ0n) is 18.9. The lowest BCUT2D eigenvalue weighted by molar-refractivity contribution is -0.00773. The molecular formula is C23H33N5O2. The summed E-state index contributed by atoms with van der Waals surface area (Å²) in [5, 5.41) is 6.99. The largest absolute Gasteiger partial charge is 0.486 e. The number of anilines is 3. The zero-order valence-corrected chi connectivity index (χ0v) is 18.9. The Bertz CT molecular complexity index is 910. The number of likely N-dealkylation sites (tertiary alicyclic amines) is 1. The molecule has 1 aromatic carbocycles. The van der Waals surface area contributed by atoms with Crippen molar-refractivity contribution in [3.63, 3.8) is 0 Å². The van der Waals surface area contributed by atoms with Gasteiger partial charge in [0.15, 0.2) is 11.5 Å². The van der Waals surface area contributed by atoms with Crippen LogP contribution in [-0.2, 0) is 0 Å². The molecule has 1 saturated heterocycles. The molecule has 3 heterocycles. The Morgan fingerprint density at radius 3 is 2.40 bits per heavy atom. The summed E-state index contributed by atoms with van der Waals surface area (Å²) in [6.45, 7) is 12.4. The quantitative estimate of drug-likeness (QED) is 0.774. The highest BCUT2D eigenvalue weighted by atomic mass is 16.6. The monoisotopic (exact) mass is 411 g/mol. The number of ether oxygens (including phenoxy) is 2. The average molecular weight is 412 g/mol. The average Bonchev–Trinajstić information content (AvgIpc) is 2.68. The molecule has 0 unspecified atom stereocenters. The summed E-state index contributed by atoms with van der Waals surface area (Å²) in [5.41, 5.74) is 2.15. The fraction of sp³-hybridized carbons (Fsp3) is 0.565. The van der Waals surface area contributed by atoms with Crippen molar-refractivity contribution in [1.29, 1.82) is 0 Å². The summed E-state index contributed by atoms with van der Waals surface area (Å²) in [4.78, 5) is 11.7. The second kappa shape index (κ2) is 7.61. The van der Waals surface area contributed by atoms with Gasteiger partial charge in [0, 0.05) is 40.6 Å². The minimum Gasteiger partial charge on any atom is -0.486 e. The van der Waals surface area contributed by atoms with Crippen molar-refractivity contribution < 1.29 is 9.47 Å². The number of fused-ring (bicyclic) bond motifs is 1. The third-order valence-corrected chi connectivity index (χ3v) is 6.42. The van der Waals surface area contributed by atoms with E-state index < -0.39 is 0 Å². The van der Waals surface area contributed by atoms with Crippen LogP contribution in [0.4, 0.5) is 17.5 Å². The lowest BCUT2D eigenvalue weighted by Crippen LogP contribution is -2.61. The number of hydrogen-bond acceptors (Lipinski definition) is 7. The molecule has 162 valence electrons. The highest BCUT2D eigenvalue weighted by Crippen LogP contribution is 2.38. The van der Waals surface area contributed by atoms with E-state index in [1.54, 1.807) is 0 Å². The second-order valence-electron chi connectivity index (χ2n) is 9.64. The third-order valence-electron chi connectivity index (χ3n) is 6.42. The van der Waals surface area contributed by atoms with Gasteiger partial charge in [0.2, 0.25) is 5.95 Å². The SMILES string of the molecule is Cc1cnc(Nc2ccc3c(c2)OCCO3)nc1NC1CC(C)(C)N(C)C(C)(C)C1. The molecule has 2 N–H and O–H groups in total. The molecule has 0 saturated carbocycles. The number of benzene rings is 1. The summed E-state index contributed by atoms with van der Waals surface area (Å²) in [7, 11) is 2.22. The van der Waals surface area contributed by atoms with Gasteiger partial charge < -0.3 is 20.1 Å². The second-order valence-corrected chi connectivity index (χ2v) is 9.64. The van der Waals surface area contributed by atoms with Crippen LogP contribution in [-0.4, -0.2) is 52.2 Å². The normalized spacial score (nSPS) is 20.6. The number of nitrogens with one attached hydrogen (secondary N) is 2. The van der Waals surface area contributed by atoms with Gasteiger partial charge in [-0.1, -0.05) is 0 Å². The first kappa shape index (κ1) is 20.7. The van der Waals surface area contributed by atoms with Crippen LogP contribution in [0.15, 0.2) is 24.4 Å². The zero-order chi connectivity index (χ0) is 21.5. The minimum atomic E-state index is 0.118. The maximum atomic E-state index is 5.67. The smallest absolute Gasteiger partial charge is 0.229 e. The molecule has 30 heavy (non-hydrogen) atoms. The fourth-order valence-electron chi connectivity index (χ4n) is 4.57. The number of hydrogen-bond donors (Lipinski definition) is 2. The van der Waals surface area contributed by atoms with Crippen molar-refractivity contribution >= 4 is 17.5 Å². The van der Waals surface area contributed by atoms with Gasteiger partial charge in [-0.3, -0.25) is 4.90 Å². The van der Waals surface area contributed by atoms with Gasteiger partial charge in [-0.15, -0.1) is 0 Å². The number of aromatic nitrogens is 2. The maximum Gasteiger partial charge on any atom is 0.229 e. The lowest BCUT2D eigenvalue weighted by Gasteiger charge is -2.53. The van der Waals surface area contributed by atoms with Crippen LogP contribution in [0.2, 0.25) is 0 Å². The predicted molar refractivity (Wildman–Crippen MR) is 120 cm³/mol. The van der Waals surface area contributed by atoms with Crippen molar-refractivity contribution in [2.75, 3.05) is 30.9 Å². The lowest BCUT2D eigenvalue weighted by atomic mass is 9.77. The van der Waals surface area contributed by atoms with Gasteiger partial charge in [-0.25, -0.2) is 4.98 Å². The van der Waals surface area contributed by atoms with E-state index in [1.165, 1.54) is 0 Å². The van der Waals surface area contributed by atoms with Crippen molar-refractivity contribution in [2.45, 2.75) is 64.6 Å². The molecule has 1 fully saturated rings. The standard InChI is InChI=1S/C23H33N5O2/c1-15-14-24-21(26-16-7-8-18-19(11-16)30-10-9-29-18)27-20(15)25-17-12-22(2,3)28(6)23(4,5)13-17/h7-8,11,14,17H,9-10,12-13H2,1-6H3,(H2,24,25,26,27). The summed E-state index contributed by atoms with van der Waals surface area (Å²) >= 11 is 0. The van der Waals surface area contributed by atoms with E-state index >= 15 is 0 Å².